The average Bonchev–Trinajstić information content (AvgIpc) is 3.25. The monoisotopic (exact) mass is 656 g/mol. The number of halogens is 1. The number of fused-ring (bicyclic) bond motifs is 1. The maximum Gasteiger partial charge on any atom is 0.408 e. The number of anilines is 1. The number of ether oxygens (including phenoxy) is 2. The van der Waals surface area contributed by atoms with Gasteiger partial charge in [-0.05, 0) is 48.1 Å². The lowest BCUT2D eigenvalue weighted by Crippen LogP contribution is -2.52. The Hall–Kier alpha value is -4.32. The van der Waals surface area contributed by atoms with Crippen molar-refractivity contribution in [1.29, 1.82) is 0 Å². The van der Waals surface area contributed by atoms with Crippen molar-refractivity contribution in [1.82, 2.24) is 15.5 Å². The molecule has 4 rings (SSSR count). The molecule has 0 unspecified atom stereocenters. The van der Waals surface area contributed by atoms with Crippen LogP contribution in [0.1, 0.15) is 62.5 Å². The third-order valence-electron chi connectivity index (χ3n) is 8.42. The number of alkyl carbamates (subject to hydrolysis) is 1. The van der Waals surface area contributed by atoms with Crippen molar-refractivity contribution in [3.63, 3.8) is 0 Å². The number of nitrogens with one attached hydrogen (secondary N) is 2. The predicted octanol–water partition coefficient (Wildman–Crippen LogP) is 4.87. The van der Waals surface area contributed by atoms with Gasteiger partial charge in [0.05, 0.1) is 13.7 Å². The maximum atomic E-state index is 13.6. The van der Waals surface area contributed by atoms with Gasteiger partial charge in [0.1, 0.15) is 18.7 Å². The number of carboxylic acid groups (broad SMARTS) is 1. The van der Waals surface area contributed by atoms with Gasteiger partial charge in [0, 0.05) is 30.2 Å². The van der Waals surface area contributed by atoms with E-state index < -0.39 is 36.1 Å². The number of para-hydroxylation sites is 1. The minimum atomic E-state index is -1.16. The number of benzene rings is 2. The van der Waals surface area contributed by atoms with E-state index in [1.54, 1.807) is 48.5 Å². The highest BCUT2D eigenvalue weighted by Crippen LogP contribution is 2.28. The molecule has 248 valence electrons. The molecular weight excluding hydrogens is 616 g/mol. The highest BCUT2D eigenvalue weighted by atomic mass is 35.5. The Balaban J connectivity index is 1.42. The second kappa shape index (κ2) is 16.8. The lowest BCUT2D eigenvalue weighted by atomic mass is 9.84. The summed E-state index contributed by atoms with van der Waals surface area (Å²) in [5, 5.41) is 15.4. The molecule has 3 N–H and O–H groups in total. The van der Waals surface area contributed by atoms with E-state index in [9.17, 15) is 29.1 Å². The summed E-state index contributed by atoms with van der Waals surface area (Å²) < 4.78 is 10.3. The molecule has 46 heavy (non-hydrogen) atoms. The third kappa shape index (κ3) is 9.84. The van der Waals surface area contributed by atoms with E-state index in [2.05, 4.69) is 10.6 Å². The number of amides is 4. The zero-order chi connectivity index (χ0) is 33.1. The zero-order valence-corrected chi connectivity index (χ0v) is 26.7. The van der Waals surface area contributed by atoms with Gasteiger partial charge in [-0.2, -0.15) is 0 Å². The average molecular weight is 657 g/mol. The molecule has 1 fully saturated rings. The first-order chi connectivity index (χ1) is 22.1. The number of carbonyl (C=O) groups is 5. The van der Waals surface area contributed by atoms with Crippen molar-refractivity contribution >= 4 is 47.3 Å². The second-order valence-electron chi connectivity index (χ2n) is 11.6. The van der Waals surface area contributed by atoms with Crippen molar-refractivity contribution in [3.05, 3.63) is 64.7 Å². The van der Waals surface area contributed by atoms with E-state index in [1.807, 2.05) is 0 Å². The fourth-order valence-corrected chi connectivity index (χ4v) is 6.18. The van der Waals surface area contributed by atoms with Crippen LogP contribution in [0.5, 0.6) is 0 Å². The number of esters is 1. The summed E-state index contributed by atoms with van der Waals surface area (Å²) in [5.41, 5.74) is 1.98. The van der Waals surface area contributed by atoms with Crippen molar-refractivity contribution in [2.75, 3.05) is 25.1 Å². The van der Waals surface area contributed by atoms with Crippen LogP contribution in [-0.4, -0.2) is 72.3 Å². The van der Waals surface area contributed by atoms with Gasteiger partial charge in [-0.15, -0.1) is 0 Å². The Morgan fingerprint density at radius 2 is 1.74 bits per heavy atom. The molecular formula is C33H41ClN4O8. The van der Waals surface area contributed by atoms with E-state index in [0.717, 1.165) is 32.1 Å². The first-order valence-electron chi connectivity index (χ1n) is 15.6. The molecule has 4 amide bonds. The lowest BCUT2D eigenvalue weighted by molar-refractivity contribution is -0.145. The first kappa shape index (κ1) is 34.6. The van der Waals surface area contributed by atoms with Crippen LogP contribution in [0.2, 0.25) is 5.02 Å². The van der Waals surface area contributed by atoms with Crippen molar-refractivity contribution < 1.29 is 38.6 Å². The topological polar surface area (TPSA) is 155 Å². The van der Waals surface area contributed by atoms with Gasteiger partial charge in [0.2, 0.25) is 11.8 Å². The van der Waals surface area contributed by atoms with Gasteiger partial charge < -0.3 is 35.0 Å². The van der Waals surface area contributed by atoms with E-state index in [4.69, 9.17) is 21.1 Å². The number of hydrogen-bond donors (Lipinski definition) is 3. The van der Waals surface area contributed by atoms with Crippen LogP contribution in [0, 0.1) is 5.92 Å². The molecule has 0 radical (unpaired) electrons. The van der Waals surface area contributed by atoms with Gasteiger partial charge in [-0.1, -0.05) is 74.0 Å². The molecule has 1 aliphatic carbocycles. The smallest absolute Gasteiger partial charge is 0.408 e. The summed E-state index contributed by atoms with van der Waals surface area (Å²) in [7, 11) is 1.19. The summed E-state index contributed by atoms with van der Waals surface area (Å²) in [4.78, 5) is 67.0. The van der Waals surface area contributed by atoms with Gasteiger partial charge in [0.25, 0.3) is 0 Å². The molecule has 2 aromatic carbocycles. The van der Waals surface area contributed by atoms with E-state index >= 15 is 0 Å². The number of carbonyl (C=O) groups excluding carboxylic acids is 4. The van der Waals surface area contributed by atoms with Crippen molar-refractivity contribution in [2.24, 2.45) is 5.92 Å². The minimum absolute atomic E-state index is 0.0408. The summed E-state index contributed by atoms with van der Waals surface area (Å²) in [6.45, 7) is 0.366. The highest BCUT2D eigenvalue weighted by Gasteiger charge is 2.32. The highest BCUT2D eigenvalue weighted by molar-refractivity contribution is 6.30. The number of nitrogens with zero attached hydrogens (tertiary/aromatic N) is 2. The molecule has 1 saturated carbocycles. The van der Waals surface area contributed by atoms with Crippen LogP contribution in [0.3, 0.4) is 0 Å². The quantitative estimate of drug-likeness (QED) is 0.290. The maximum absolute atomic E-state index is 13.6. The first-order valence-corrected chi connectivity index (χ1v) is 15.9. The largest absolute Gasteiger partial charge is 0.467 e. The standard InChI is InChI=1S/C33H41ClN4O8/c1-45-31(41)26(14-15-29(39)38-17-16-37(33(43)44)20-24-11-5-6-13-28(24)38)35-30(40)27(19-22-8-3-2-4-9-22)36-32(42)46-21-23-10-7-12-25(34)18-23/h5-7,10-13,18,22,26-27H,2-4,8-9,14-17,19-21H2,1H3,(H,35,40)(H,36,42)(H,43,44)/t26-,27-/m0/s1. The lowest BCUT2D eigenvalue weighted by Gasteiger charge is -2.28. The fourth-order valence-electron chi connectivity index (χ4n) is 5.97. The van der Waals surface area contributed by atoms with Crippen LogP contribution in [0.15, 0.2) is 48.5 Å². The van der Waals surface area contributed by atoms with Crippen LogP contribution in [-0.2, 0) is 37.0 Å². The summed E-state index contributed by atoms with van der Waals surface area (Å²) in [6.07, 6.45) is 3.37. The SMILES string of the molecule is COC(=O)[C@H](CCC(=O)N1CCN(C(=O)O)Cc2ccccc21)NC(=O)[C@H](CC1CCCCC1)NC(=O)OCc1cccc(Cl)c1. The van der Waals surface area contributed by atoms with E-state index in [0.29, 0.717) is 28.3 Å². The molecule has 0 bridgehead atoms. The summed E-state index contributed by atoms with van der Waals surface area (Å²) in [6, 6.07) is 11.8. The van der Waals surface area contributed by atoms with Crippen molar-refractivity contribution in [3.8, 4) is 0 Å². The molecule has 13 heteroatoms. The summed E-state index contributed by atoms with van der Waals surface area (Å²) in [5.74, 6) is -1.42. The van der Waals surface area contributed by atoms with Crippen LogP contribution in [0.4, 0.5) is 15.3 Å². The van der Waals surface area contributed by atoms with Crippen molar-refractivity contribution in [2.45, 2.75) is 76.6 Å². The Kier molecular flexibility index (Phi) is 12.6. The second-order valence-corrected chi connectivity index (χ2v) is 12.1. The minimum Gasteiger partial charge on any atom is -0.467 e. The Bertz CT molecular complexity index is 1400. The number of hydrogen-bond acceptors (Lipinski definition) is 7. The van der Waals surface area contributed by atoms with Gasteiger partial charge >= 0.3 is 18.2 Å². The molecule has 2 aliphatic rings. The Labute approximate surface area is 273 Å². The van der Waals surface area contributed by atoms with E-state index in [1.165, 1.54) is 16.9 Å². The van der Waals surface area contributed by atoms with Gasteiger partial charge in [-0.25, -0.2) is 14.4 Å². The molecule has 12 nitrogen and oxygen atoms in total. The fraction of sp³-hybridized carbons (Fsp3) is 0.485. The molecule has 2 aromatic rings. The Morgan fingerprint density at radius 1 is 0.978 bits per heavy atom. The van der Waals surface area contributed by atoms with Crippen LogP contribution in [0.25, 0.3) is 0 Å². The Morgan fingerprint density at radius 3 is 2.46 bits per heavy atom. The number of methoxy groups -OCH3 is 1. The predicted molar refractivity (Wildman–Crippen MR) is 170 cm³/mol. The molecule has 0 saturated heterocycles. The van der Waals surface area contributed by atoms with E-state index in [-0.39, 0.29) is 50.9 Å². The normalized spacial score (nSPS) is 16.3. The molecule has 1 heterocycles. The zero-order valence-electron chi connectivity index (χ0n) is 25.9. The third-order valence-corrected chi connectivity index (χ3v) is 8.65. The molecule has 1 aliphatic heterocycles. The van der Waals surface area contributed by atoms with Crippen LogP contribution < -0.4 is 15.5 Å². The molecule has 2 atom stereocenters. The van der Waals surface area contributed by atoms with Crippen LogP contribution >= 0.6 is 11.6 Å². The van der Waals surface area contributed by atoms with Gasteiger partial charge in [0.15, 0.2) is 0 Å². The van der Waals surface area contributed by atoms with Gasteiger partial charge in [-0.3, -0.25) is 9.59 Å². The summed E-state index contributed by atoms with van der Waals surface area (Å²) >= 11 is 6.02. The molecule has 0 spiro atoms. The number of rotatable bonds is 11. The molecule has 0 aromatic heterocycles.